The quantitative estimate of drug-likeness (QED) is 0.522. The summed E-state index contributed by atoms with van der Waals surface area (Å²) >= 11 is 1.58. The Balaban J connectivity index is 1.59. The van der Waals surface area contributed by atoms with Crippen LogP contribution in [0, 0.1) is 0 Å². The van der Waals surface area contributed by atoms with Gasteiger partial charge in [0.05, 0.1) is 6.04 Å². The van der Waals surface area contributed by atoms with Crippen molar-refractivity contribution in [2.24, 2.45) is 0 Å². The average molecular weight is 418 g/mol. The molecule has 29 heavy (non-hydrogen) atoms. The highest BCUT2D eigenvalue weighted by Crippen LogP contribution is 2.33. The van der Waals surface area contributed by atoms with Gasteiger partial charge in [-0.15, -0.1) is 11.3 Å². The summed E-state index contributed by atoms with van der Waals surface area (Å²) in [6, 6.07) is 11.5. The number of rotatable bonds is 8. The highest BCUT2D eigenvalue weighted by molar-refractivity contribution is 7.09. The summed E-state index contributed by atoms with van der Waals surface area (Å²) in [4.78, 5) is 27.7. The van der Waals surface area contributed by atoms with Gasteiger partial charge in [0.2, 0.25) is 0 Å². The van der Waals surface area contributed by atoms with Crippen molar-refractivity contribution in [1.29, 1.82) is 0 Å². The summed E-state index contributed by atoms with van der Waals surface area (Å²) in [6.45, 7) is 0.817. The van der Waals surface area contributed by atoms with Crippen LogP contribution in [0.3, 0.4) is 0 Å². The first-order chi connectivity index (χ1) is 14.0. The van der Waals surface area contributed by atoms with Crippen LogP contribution in [0.5, 0.6) is 0 Å². The van der Waals surface area contributed by atoms with Crippen molar-refractivity contribution in [1.82, 2.24) is 10.2 Å². The number of nitrogens with one attached hydrogen (secondary N) is 2. The molecule has 7 nitrogen and oxygen atoms in total. The molecule has 3 rings (SSSR count). The molecule has 1 aromatic carbocycles. The molecule has 0 aliphatic carbocycles. The fourth-order valence-electron chi connectivity index (χ4n) is 3.60. The zero-order valence-corrected chi connectivity index (χ0v) is 17.2. The van der Waals surface area contributed by atoms with Gasteiger partial charge in [0, 0.05) is 30.7 Å². The fourth-order valence-corrected chi connectivity index (χ4v) is 4.30. The molecule has 1 aliphatic rings. The molecular weight excluding hydrogens is 390 g/mol. The summed E-state index contributed by atoms with van der Waals surface area (Å²) in [7, 11) is 1.83. The van der Waals surface area contributed by atoms with Gasteiger partial charge in [0.15, 0.2) is 12.2 Å². The number of aliphatic hydroxyl groups excluding tert-OH is 2. The van der Waals surface area contributed by atoms with Gasteiger partial charge in [0.25, 0.3) is 11.8 Å². The number of aliphatic hydroxyl groups is 2. The first kappa shape index (κ1) is 21.3. The Labute approximate surface area is 174 Å². The van der Waals surface area contributed by atoms with E-state index in [0.717, 1.165) is 29.0 Å². The van der Waals surface area contributed by atoms with Crippen molar-refractivity contribution >= 4 is 28.8 Å². The zero-order chi connectivity index (χ0) is 20.8. The predicted octanol–water partition coefficient (Wildman–Crippen LogP) is 1.53. The number of anilines is 1. The maximum absolute atomic E-state index is 12.8. The topological polar surface area (TPSA) is 102 Å². The van der Waals surface area contributed by atoms with Gasteiger partial charge in [-0.25, -0.2) is 0 Å². The third kappa shape index (κ3) is 5.14. The Kier molecular flexibility index (Phi) is 7.24. The third-order valence-electron chi connectivity index (χ3n) is 5.17. The number of hydrogen-bond donors (Lipinski definition) is 4. The van der Waals surface area contributed by atoms with Crippen LogP contribution in [-0.4, -0.2) is 59.3 Å². The Bertz CT molecular complexity index is 827. The van der Waals surface area contributed by atoms with E-state index >= 15 is 0 Å². The summed E-state index contributed by atoms with van der Waals surface area (Å²) in [5.74, 6) is -1.36. The normalized spacial score (nSPS) is 18.3. The average Bonchev–Trinajstić information content (AvgIpc) is 3.44. The van der Waals surface area contributed by atoms with Gasteiger partial charge in [0.1, 0.15) is 0 Å². The highest BCUT2D eigenvalue weighted by atomic mass is 32.1. The minimum absolute atomic E-state index is 0.181. The van der Waals surface area contributed by atoms with Crippen molar-refractivity contribution in [3.8, 4) is 0 Å². The number of benzene rings is 1. The first-order valence-corrected chi connectivity index (χ1v) is 10.6. The number of carbonyl (C=O) groups excluding carboxylic acids is 2. The number of carbonyl (C=O) groups is 2. The zero-order valence-electron chi connectivity index (χ0n) is 16.4. The molecule has 3 atom stereocenters. The lowest BCUT2D eigenvalue weighted by Gasteiger charge is -2.29. The molecule has 0 saturated carbocycles. The Hall–Kier alpha value is -2.42. The molecule has 1 fully saturated rings. The van der Waals surface area contributed by atoms with E-state index in [1.165, 1.54) is 0 Å². The Morgan fingerprint density at radius 3 is 2.79 bits per heavy atom. The SMILES string of the molecule is CNc1cccc(C2CCCN2C(=O)[C@H](O)[C@@H](O)C(=O)NCCc2cccs2)c1. The summed E-state index contributed by atoms with van der Waals surface area (Å²) < 4.78 is 0. The molecule has 0 bridgehead atoms. The second-order valence-electron chi connectivity index (χ2n) is 7.08. The molecule has 0 spiro atoms. The van der Waals surface area contributed by atoms with Crippen LogP contribution in [0.4, 0.5) is 5.69 Å². The number of thiophene rings is 1. The fraction of sp³-hybridized carbons (Fsp3) is 0.429. The second-order valence-corrected chi connectivity index (χ2v) is 8.11. The largest absolute Gasteiger partial charge is 0.388 e. The Morgan fingerprint density at radius 1 is 1.24 bits per heavy atom. The summed E-state index contributed by atoms with van der Waals surface area (Å²) in [5, 5.41) is 28.2. The van der Waals surface area contributed by atoms with E-state index in [0.29, 0.717) is 19.5 Å². The number of likely N-dealkylation sites (tertiary alicyclic amines) is 1. The van der Waals surface area contributed by atoms with E-state index in [1.807, 2.05) is 48.8 Å². The first-order valence-electron chi connectivity index (χ1n) is 9.75. The van der Waals surface area contributed by atoms with E-state index in [2.05, 4.69) is 10.6 Å². The second kappa shape index (κ2) is 9.87. The van der Waals surface area contributed by atoms with Crippen molar-refractivity contribution < 1.29 is 19.8 Å². The van der Waals surface area contributed by atoms with Crippen LogP contribution < -0.4 is 10.6 Å². The lowest BCUT2D eigenvalue weighted by molar-refractivity contribution is -0.153. The number of hydrogen-bond acceptors (Lipinski definition) is 6. The molecule has 156 valence electrons. The van der Waals surface area contributed by atoms with Crippen LogP contribution in [0.25, 0.3) is 0 Å². The van der Waals surface area contributed by atoms with E-state index in [9.17, 15) is 19.8 Å². The molecule has 1 unspecified atom stereocenters. The van der Waals surface area contributed by atoms with Crippen molar-refractivity contribution in [3.05, 3.63) is 52.2 Å². The molecule has 8 heteroatoms. The molecule has 4 N–H and O–H groups in total. The molecule has 1 aromatic heterocycles. The van der Waals surface area contributed by atoms with E-state index in [4.69, 9.17) is 0 Å². The maximum Gasteiger partial charge on any atom is 0.255 e. The van der Waals surface area contributed by atoms with E-state index in [1.54, 1.807) is 16.2 Å². The lowest BCUT2D eigenvalue weighted by atomic mass is 10.0. The van der Waals surface area contributed by atoms with Crippen LogP contribution >= 0.6 is 11.3 Å². The summed E-state index contributed by atoms with van der Waals surface area (Å²) in [6.07, 6.45) is -1.37. The minimum atomic E-state index is -1.80. The van der Waals surface area contributed by atoms with Gasteiger partial charge >= 0.3 is 0 Å². The molecular formula is C21H27N3O4S. The molecule has 2 aromatic rings. The molecule has 1 saturated heterocycles. The van der Waals surface area contributed by atoms with Gasteiger partial charge in [-0.2, -0.15) is 0 Å². The van der Waals surface area contributed by atoms with Crippen molar-refractivity contribution in [2.75, 3.05) is 25.5 Å². The predicted molar refractivity (Wildman–Crippen MR) is 113 cm³/mol. The monoisotopic (exact) mass is 417 g/mol. The number of nitrogens with zero attached hydrogens (tertiary/aromatic N) is 1. The standard InChI is InChI=1S/C21H27N3O4S/c1-22-15-6-2-5-14(13-15)17-8-3-11-24(17)21(28)19(26)18(25)20(27)23-10-9-16-7-4-12-29-16/h2,4-7,12-13,17-19,22,25-26H,3,8-11H2,1H3,(H,23,27)/t17?,18-,19-/m1/s1. The smallest absolute Gasteiger partial charge is 0.255 e. The maximum atomic E-state index is 12.8. The van der Waals surface area contributed by atoms with Gasteiger partial charge in [-0.3, -0.25) is 9.59 Å². The molecule has 2 amide bonds. The molecule has 0 radical (unpaired) electrons. The van der Waals surface area contributed by atoms with Gasteiger partial charge in [-0.05, 0) is 48.4 Å². The van der Waals surface area contributed by atoms with Crippen molar-refractivity contribution in [3.63, 3.8) is 0 Å². The third-order valence-corrected chi connectivity index (χ3v) is 6.10. The van der Waals surface area contributed by atoms with Crippen LogP contribution in [0.15, 0.2) is 41.8 Å². The molecule has 2 heterocycles. The highest BCUT2D eigenvalue weighted by Gasteiger charge is 2.38. The van der Waals surface area contributed by atoms with E-state index in [-0.39, 0.29) is 6.04 Å². The van der Waals surface area contributed by atoms with Crippen LogP contribution in [-0.2, 0) is 16.0 Å². The van der Waals surface area contributed by atoms with Crippen LogP contribution in [0.1, 0.15) is 29.3 Å². The molecule has 1 aliphatic heterocycles. The van der Waals surface area contributed by atoms with Crippen LogP contribution in [0.2, 0.25) is 0 Å². The van der Waals surface area contributed by atoms with Crippen molar-refractivity contribution in [2.45, 2.75) is 37.5 Å². The van der Waals surface area contributed by atoms with Gasteiger partial charge in [-0.1, -0.05) is 18.2 Å². The number of amides is 2. The lowest BCUT2D eigenvalue weighted by Crippen LogP contribution is -2.50. The Morgan fingerprint density at radius 2 is 2.07 bits per heavy atom. The van der Waals surface area contributed by atoms with E-state index < -0.39 is 24.0 Å². The van der Waals surface area contributed by atoms with Gasteiger partial charge < -0.3 is 25.7 Å². The summed E-state index contributed by atoms with van der Waals surface area (Å²) in [5.41, 5.74) is 1.90. The minimum Gasteiger partial charge on any atom is -0.388 e.